The highest BCUT2D eigenvalue weighted by Gasteiger charge is 2.30. The second kappa shape index (κ2) is 7.56. The molecule has 2 aromatic carbocycles. The predicted molar refractivity (Wildman–Crippen MR) is 106 cm³/mol. The van der Waals surface area contributed by atoms with Crippen molar-refractivity contribution in [1.82, 2.24) is 24.9 Å². The minimum absolute atomic E-state index is 0.170. The lowest BCUT2D eigenvalue weighted by molar-refractivity contribution is -0.137. The van der Waals surface area contributed by atoms with Gasteiger partial charge in [-0.3, -0.25) is 4.68 Å². The molecule has 0 bridgehead atoms. The molecule has 2 aliphatic heterocycles. The third kappa shape index (κ3) is 3.82. The van der Waals surface area contributed by atoms with Crippen molar-refractivity contribution in [2.45, 2.75) is 12.7 Å². The van der Waals surface area contributed by atoms with Crippen LogP contribution >= 0.6 is 0 Å². The Labute approximate surface area is 178 Å². The van der Waals surface area contributed by atoms with Crippen molar-refractivity contribution in [2.24, 2.45) is 0 Å². The van der Waals surface area contributed by atoms with Crippen molar-refractivity contribution in [1.29, 1.82) is 0 Å². The number of alkyl halides is 3. The first-order valence-electron chi connectivity index (χ1n) is 9.45. The maximum absolute atomic E-state index is 14.0. The molecule has 0 aliphatic carbocycles. The van der Waals surface area contributed by atoms with Gasteiger partial charge in [0.25, 0.3) is 0 Å². The molecule has 10 heteroatoms. The summed E-state index contributed by atoms with van der Waals surface area (Å²) in [6.45, 7) is 0.170. The molecule has 0 atom stereocenters. The molecule has 0 saturated carbocycles. The Kier molecular flexibility index (Phi) is 4.69. The van der Waals surface area contributed by atoms with Gasteiger partial charge in [-0.25, -0.2) is 14.4 Å². The average Bonchev–Trinajstić information content (AvgIpc) is 3.40. The van der Waals surface area contributed by atoms with E-state index in [-0.39, 0.29) is 23.6 Å². The number of imidazole rings is 1. The molecule has 0 unspecified atom stereocenters. The van der Waals surface area contributed by atoms with Gasteiger partial charge in [0.05, 0.1) is 23.5 Å². The van der Waals surface area contributed by atoms with Crippen LogP contribution in [0.1, 0.15) is 11.3 Å². The number of fused-ring (bicyclic) bond motifs is 1. The summed E-state index contributed by atoms with van der Waals surface area (Å²) in [4.78, 5) is 8.68. The van der Waals surface area contributed by atoms with E-state index in [1.807, 2.05) is 0 Å². The van der Waals surface area contributed by atoms with Crippen molar-refractivity contribution in [3.05, 3.63) is 84.1 Å². The number of halogens is 4. The van der Waals surface area contributed by atoms with Gasteiger partial charge in [0, 0.05) is 11.6 Å². The van der Waals surface area contributed by atoms with Gasteiger partial charge >= 0.3 is 6.18 Å². The van der Waals surface area contributed by atoms with Crippen molar-refractivity contribution in [3.63, 3.8) is 0 Å². The molecule has 160 valence electrons. The molecule has 0 fully saturated rings. The summed E-state index contributed by atoms with van der Waals surface area (Å²) < 4.78 is 59.7. The second-order valence-electron chi connectivity index (χ2n) is 7.03. The Balaban J connectivity index is 1.40. The normalized spacial score (nSPS) is 11.9. The number of hydrogen-bond donors (Lipinski definition) is 0. The van der Waals surface area contributed by atoms with E-state index >= 15 is 0 Å². The second-order valence-corrected chi connectivity index (χ2v) is 7.03. The molecule has 6 nitrogen and oxygen atoms in total. The zero-order valence-electron chi connectivity index (χ0n) is 16.2. The van der Waals surface area contributed by atoms with Crippen molar-refractivity contribution >= 4 is 0 Å². The summed E-state index contributed by atoms with van der Waals surface area (Å²) in [7, 11) is 0. The highest BCUT2D eigenvalue weighted by Crippen LogP contribution is 2.32. The number of benzene rings is 2. The van der Waals surface area contributed by atoms with Crippen LogP contribution in [0.5, 0.6) is 0 Å². The van der Waals surface area contributed by atoms with E-state index < -0.39 is 17.6 Å². The standard InChI is InChI=1S/C22H13F4N5O/c23-17-7-2-1-6-16(17)21-28-19-10-27-31(12-20(19)29-21)11-15-9-18(30-32-15)13-4-3-5-14(8-13)22(24,25)26/h1-10,12H,11H2. The zero-order chi connectivity index (χ0) is 22.3. The van der Waals surface area contributed by atoms with Crippen LogP contribution in [-0.2, 0) is 12.7 Å². The molecular weight excluding hydrogens is 426 g/mol. The fraction of sp³-hybridized carbons (Fsp3) is 0.0909. The molecule has 0 radical (unpaired) electrons. The number of rotatable bonds is 4. The molecule has 3 aromatic rings. The Morgan fingerprint density at radius 3 is 2.53 bits per heavy atom. The molecule has 0 N–H and O–H groups in total. The summed E-state index contributed by atoms with van der Waals surface area (Å²) in [5.41, 5.74) is 1.11. The first-order chi connectivity index (χ1) is 15.4. The largest absolute Gasteiger partial charge is 0.416 e. The molecule has 5 rings (SSSR count). The van der Waals surface area contributed by atoms with Crippen LogP contribution in [0.4, 0.5) is 17.6 Å². The quantitative estimate of drug-likeness (QED) is 0.355. The highest BCUT2D eigenvalue weighted by atomic mass is 19.4. The lowest BCUT2D eigenvalue weighted by Gasteiger charge is -2.06. The molecule has 0 spiro atoms. The fourth-order valence-electron chi connectivity index (χ4n) is 3.25. The van der Waals surface area contributed by atoms with Gasteiger partial charge in [0.15, 0.2) is 11.6 Å². The van der Waals surface area contributed by atoms with Crippen LogP contribution in [0.15, 0.2) is 71.5 Å². The molecule has 32 heavy (non-hydrogen) atoms. The summed E-state index contributed by atoms with van der Waals surface area (Å²) in [5.74, 6) is 0.222. The van der Waals surface area contributed by atoms with Gasteiger partial charge in [-0.2, -0.15) is 18.3 Å². The third-order valence-corrected chi connectivity index (χ3v) is 4.79. The van der Waals surface area contributed by atoms with Crippen LogP contribution in [0.25, 0.3) is 34.0 Å². The van der Waals surface area contributed by atoms with E-state index in [1.165, 1.54) is 29.1 Å². The number of aromatic nitrogens is 5. The monoisotopic (exact) mass is 439 g/mol. The Morgan fingerprint density at radius 2 is 1.72 bits per heavy atom. The van der Waals surface area contributed by atoms with Crippen LogP contribution in [-0.4, -0.2) is 24.9 Å². The molecule has 0 saturated heterocycles. The first kappa shape index (κ1) is 19.9. The molecule has 2 aliphatic rings. The first-order valence-corrected chi connectivity index (χ1v) is 9.45. The van der Waals surface area contributed by atoms with Crippen molar-refractivity contribution in [3.8, 4) is 34.0 Å². The minimum atomic E-state index is -4.44. The lowest BCUT2D eigenvalue weighted by Crippen LogP contribution is -2.05. The predicted octanol–water partition coefficient (Wildman–Crippen LogP) is 5.31. The smallest absolute Gasteiger partial charge is 0.359 e. The van der Waals surface area contributed by atoms with Crippen molar-refractivity contribution in [2.75, 3.05) is 0 Å². The minimum Gasteiger partial charge on any atom is -0.359 e. The van der Waals surface area contributed by atoms with Gasteiger partial charge in [0.2, 0.25) is 0 Å². The van der Waals surface area contributed by atoms with E-state index in [9.17, 15) is 17.6 Å². The van der Waals surface area contributed by atoms with E-state index in [2.05, 4.69) is 20.2 Å². The zero-order valence-corrected chi connectivity index (χ0v) is 16.2. The highest BCUT2D eigenvalue weighted by molar-refractivity contribution is 5.65. The third-order valence-electron chi connectivity index (χ3n) is 4.79. The molecule has 1 aromatic heterocycles. The Morgan fingerprint density at radius 1 is 0.906 bits per heavy atom. The van der Waals surface area contributed by atoms with Crippen LogP contribution in [0.3, 0.4) is 0 Å². The number of hydrogen-bond acceptors (Lipinski definition) is 5. The fourth-order valence-corrected chi connectivity index (χ4v) is 3.25. The van der Waals surface area contributed by atoms with Gasteiger partial charge in [0.1, 0.15) is 29.4 Å². The van der Waals surface area contributed by atoms with E-state index in [4.69, 9.17) is 4.52 Å². The van der Waals surface area contributed by atoms with E-state index in [1.54, 1.807) is 30.5 Å². The van der Waals surface area contributed by atoms with E-state index in [0.29, 0.717) is 22.7 Å². The topological polar surface area (TPSA) is 69.6 Å². The molecular formula is C22H13F4N5O. The summed E-state index contributed by atoms with van der Waals surface area (Å²) in [6, 6.07) is 12.6. The summed E-state index contributed by atoms with van der Waals surface area (Å²) in [6.07, 6.45) is -1.32. The van der Waals surface area contributed by atoms with Gasteiger partial charge in [-0.1, -0.05) is 29.4 Å². The maximum Gasteiger partial charge on any atom is 0.416 e. The van der Waals surface area contributed by atoms with Gasteiger partial charge in [-0.15, -0.1) is 0 Å². The molecule has 3 heterocycles. The summed E-state index contributed by atoms with van der Waals surface area (Å²) >= 11 is 0. The number of nitrogens with zero attached hydrogens (tertiary/aromatic N) is 5. The lowest BCUT2D eigenvalue weighted by atomic mass is 10.1. The SMILES string of the molecule is Fc1ccccc1-c1nc2cnn(Cc3cc(-c4cccc(C(F)(F)F)c4)no3)cc-2n1. The van der Waals surface area contributed by atoms with Gasteiger partial charge in [-0.05, 0) is 24.3 Å². The Bertz CT molecular complexity index is 1370. The van der Waals surface area contributed by atoms with Crippen LogP contribution < -0.4 is 0 Å². The maximum atomic E-state index is 14.0. The van der Waals surface area contributed by atoms with Crippen molar-refractivity contribution < 1.29 is 22.1 Å². The van der Waals surface area contributed by atoms with Crippen LogP contribution in [0.2, 0.25) is 0 Å². The Hall–Kier alpha value is -4.08. The average molecular weight is 439 g/mol. The van der Waals surface area contributed by atoms with Gasteiger partial charge < -0.3 is 4.52 Å². The summed E-state index contributed by atoms with van der Waals surface area (Å²) in [5, 5.41) is 8.11. The van der Waals surface area contributed by atoms with Crippen LogP contribution in [0, 0.1) is 5.82 Å². The van der Waals surface area contributed by atoms with E-state index in [0.717, 1.165) is 12.1 Å². The molecule has 0 amide bonds.